The molecule has 0 aliphatic heterocycles. The lowest BCUT2D eigenvalue weighted by Gasteiger charge is -2.07. The summed E-state index contributed by atoms with van der Waals surface area (Å²) in [5, 5.41) is 0. The Morgan fingerprint density at radius 2 is 2.15 bits per heavy atom. The van der Waals surface area contributed by atoms with Gasteiger partial charge in [-0.25, -0.2) is 0 Å². The van der Waals surface area contributed by atoms with Crippen molar-refractivity contribution in [3.63, 3.8) is 0 Å². The Balaban J connectivity index is 3.30. The highest BCUT2D eigenvalue weighted by molar-refractivity contribution is 9.10. The number of methoxy groups -OCH3 is 1. The maximum absolute atomic E-state index is 11.0. The van der Waals surface area contributed by atoms with Crippen LogP contribution in [0.3, 0.4) is 0 Å². The van der Waals surface area contributed by atoms with E-state index < -0.39 is 5.91 Å². The monoisotopic (exact) mass is 243 g/mol. The Morgan fingerprint density at radius 1 is 1.54 bits per heavy atom. The second kappa shape index (κ2) is 3.79. The number of carbonyl (C=O) groups excluding carboxylic acids is 1. The van der Waals surface area contributed by atoms with Crippen molar-refractivity contribution in [2.45, 2.75) is 6.92 Å². The van der Waals surface area contributed by atoms with Crippen LogP contribution in [0.15, 0.2) is 16.6 Å². The van der Waals surface area contributed by atoms with E-state index in [0.717, 1.165) is 10.0 Å². The molecule has 3 nitrogen and oxygen atoms in total. The second-order valence-corrected chi connectivity index (χ2v) is 3.52. The molecule has 0 saturated carbocycles. The van der Waals surface area contributed by atoms with Gasteiger partial charge in [-0.2, -0.15) is 0 Å². The van der Waals surface area contributed by atoms with Gasteiger partial charge >= 0.3 is 0 Å². The average molecular weight is 244 g/mol. The molecule has 0 unspecified atom stereocenters. The number of hydrogen-bond donors (Lipinski definition) is 1. The molecule has 0 atom stereocenters. The fourth-order valence-corrected chi connectivity index (χ4v) is 1.69. The fraction of sp³-hybridized carbons (Fsp3) is 0.222. The summed E-state index contributed by atoms with van der Waals surface area (Å²) >= 11 is 3.31. The van der Waals surface area contributed by atoms with Crippen LogP contribution >= 0.6 is 15.9 Å². The SMILES string of the molecule is COc1cc(C(N)=O)c(C)cc1Br. The average Bonchev–Trinajstić information content (AvgIpc) is 2.03. The highest BCUT2D eigenvalue weighted by Crippen LogP contribution is 2.27. The zero-order valence-electron chi connectivity index (χ0n) is 7.43. The van der Waals surface area contributed by atoms with E-state index in [0.29, 0.717) is 11.3 Å². The van der Waals surface area contributed by atoms with Crippen LogP contribution < -0.4 is 10.5 Å². The van der Waals surface area contributed by atoms with Crippen LogP contribution in [-0.2, 0) is 0 Å². The van der Waals surface area contributed by atoms with Gasteiger partial charge in [0, 0.05) is 5.56 Å². The number of nitrogens with two attached hydrogens (primary N) is 1. The van der Waals surface area contributed by atoms with E-state index in [-0.39, 0.29) is 0 Å². The summed E-state index contributed by atoms with van der Waals surface area (Å²) < 4.78 is 5.85. The molecule has 4 heteroatoms. The first-order valence-electron chi connectivity index (χ1n) is 3.70. The number of ether oxygens (including phenoxy) is 1. The Kier molecular flexibility index (Phi) is 2.93. The third kappa shape index (κ3) is 2.01. The normalized spacial score (nSPS) is 9.77. The van der Waals surface area contributed by atoms with Gasteiger partial charge in [0.05, 0.1) is 11.6 Å². The Morgan fingerprint density at radius 3 is 2.62 bits per heavy atom. The number of primary amides is 1. The summed E-state index contributed by atoms with van der Waals surface area (Å²) in [5.74, 6) is 0.169. The zero-order valence-corrected chi connectivity index (χ0v) is 9.01. The zero-order chi connectivity index (χ0) is 10.0. The molecule has 13 heavy (non-hydrogen) atoms. The molecule has 0 radical (unpaired) electrons. The maximum atomic E-state index is 11.0. The van der Waals surface area contributed by atoms with Crippen molar-refractivity contribution in [3.8, 4) is 5.75 Å². The summed E-state index contributed by atoms with van der Waals surface area (Å²) in [6.07, 6.45) is 0. The number of hydrogen-bond acceptors (Lipinski definition) is 2. The molecule has 1 aromatic carbocycles. The van der Waals surface area contributed by atoms with Gasteiger partial charge in [0.1, 0.15) is 5.75 Å². The van der Waals surface area contributed by atoms with Crippen molar-refractivity contribution in [2.75, 3.05) is 7.11 Å². The van der Waals surface area contributed by atoms with Crippen LogP contribution in [0.25, 0.3) is 0 Å². The molecule has 0 heterocycles. The predicted molar refractivity (Wildman–Crippen MR) is 53.9 cm³/mol. The molecule has 0 bridgehead atoms. The molecular formula is C9H10BrNO2. The molecule has 0 fully saturated rings. The van der Waals surface area contributed by atoms with Crippen molar-refractivity contribution in [1.29, 1.82) is 0 Å². The van der Waals surface area contributed by atoms with Gasteiger partial charge in [0.2, 0.25) is 5.91 Å². The van der Waals surface area contributed by atoms with Gasteiger partial charge in [0.25, 0.3) is 0 Å². The summed E-state index contributed by atoms with van der Waals surface area (Å²) in [6.45, 7) is 1.82. The van der Waals surface area contributed by atoms with Gasteiger partial charge in [-0.1, -0.05) is 0 Å². The molecule has 0 aliphatic rings. The van der Waals surface area contributed by atoms with Crippen molar-refractivity contribution in [1.82, 2.24) is 0 Å². The van der Waals surface area contributed by atoms with E-state index in [9.17, 15) is 4.79 Å². The molecule has 0 spiro atoms. The smallest absolute Gasteiger partial charge is 0.249 e. The standard InChI is InChI=1S/C9H10BrNO2/c1-5-3-7(10)8(13-2)4-6(5)9(11)12/h3-4H,1-2H3,(H2,11,12). The topological polar surface area (TPSA) is 52.3 Å². The fourth-order valence-electron chi connectivity index (χ4n) is 1.07. The highest BCUT2D eigenvalue weighted by atomic mass is 79.9. The molecule has 0 aromatic heterocycles. The quantitative estimate of drug-likeness (QED) is 0.863. The van der Waals surface area contributed by atoms with E-state index in [2.05, 4.69) is 15.9 Å². The lowest BCUT2D eigenvalue weighted by Crippen LogP contribution is -2.12. The lowest BCUT2D eigenvalue weighted by molar-refractivity contribution is 0.0999. The van der Waals surface area contributed by atoms with Crippen LogP contribution in [-0.4, -0.2) is 13.0 Å². The molecule has 1 rings (SSSR count). The van der Waals surface area contributed by atoms with E-state index in [4.69, 9.17) is 10.5 Å². The minimum absolute atomic E-state index is 0.441. The van der Waals surface area contributed by atoms with Gasteiger partial charge in [-0.05, 0) is 40.5 Å². The van der Waals surface area contributed by atoms with Gasteiger partial charge in [-0.3, -0.25) is 4.79 Å². The summed E-state index contributed by atoms with van der Waals surface area (Å²) in [4.78, 5) is 11.0. The van der Waals surface area contributed by atoms with E-state index in [1.807, 2.05) is 6.92 Å². The largest absolute Gasteiger partial charge is 0.496 e. The van der Waals surface area contributed by atoms with Crippen LogP contribution in [0.5, 0.6) is 5.75 Å². The molecular weight excluding hydrogens is 234 g/mol. The Bertz CT molecular complexity index is 350. The maximum Gasteiger partial charge on any atom is 0.249 e. The van der Waals surface area contributed by atoms with Crippen molar-refractivity contribution in [2.24, 2.45) is 5.73 Å². The first kappa shape index (κ1) is 10.1. The van der Waals surface area contributed by atoms with Crippen LogP contribution in [0.1, 0.15) is 15.9 Å². The van der Waals surface area contributed by atoms with E-state index in [1.165, 1.54) is 0 Å². The Hall–Kier alpha value is -1.03. The lowest BCUT2D eigenvalue weighted by atomic mass is 10.1. The minimum atomic E-state index is -0.441. The summed E-state index contributed by atoms with van der Waals surface area (Å²) in [6, 6.07) is 3.43. The number of rotatable bonds is 2. The number of benzene rings is 1. The molecule has 0 saturated heterocycles. The van der Waals surface area contributed by atoms with Crippen LogP contribution in [0.2, 0.25) is 0 Å². The predicted octanol–water partition coefficient (Wildman–Crippen LogP) is 1.87. The molecule has 2 N–H and O–H groups in total. The third-order valence-electron chi connectivity index (χ3n) is 1.76. The van der Waals surface area contributed by atoms with Crippen molar-refractivity contribution in [3.05, 3.63) is 27.7 Å². The number of carbonyl (C=O) groups is 1. The summed E-state index contributed by atoms with van der Waals surface area (Å²) in [5.41, 5.74) is 6.50. The van der Waals surface area contributed by atoms with Gasteiger partial charge in [0.15, 0.2) is 0 Å². The third-order valence-corrected chi connectivity index (χ3v) is 2.38. The minimum Gasteiger partial charge on any atom is -0.496 e. The first-order valence-corrected chi connectivity index (χ1v) is 4.49. The van der Waals surface area contributed by atoms with Crippen molar-refractivity contribution < 1.29 is 9.53 Å². The van der Waals surface area contributed by atoms with E-state index >= 15 is 0 Å². The number of halogens is 1. The molecule has 1 amide bonds. The Labute approximate surface area is 85.0 Å². The number of amides is 1. The first-order chi connectivity index (χ1) is 6.06. The number of aryl methyl sites for hydroxylation is 1. The van der Waals surface area contributed by atoms with Crippen molar-refractivity contribution >= 4 is 21.8 Å². The second-order valence-electron chi connectivity index (χ2n) is 2.67. The highest BCUT2D eigenvalue weighted by Gasteiger charge is 2.09. The molecule has 1 aromatic rings. The van der Waals surface area contributed by atoms with Gasteiger partial charge < -0.3 is 10.5 Å². The molecule has 0 aliphatic carbocycles. The molecule has 70 valence electrons. The van der Waals surface area contributed by atoms with Crippen LogP contribution in [0.4, 0.5) is 0 Å². The summed E-state index contributed by atoms with van der Waals surface area (Å²) in [7, 11) is 1.54. The van der Waals surface area contributed by atoms with Gasteiger partial charge in [-0.15, -0.1) is 0 Å². The van der Waals surface area contributed by atoms with Crippen LogP contribution in [0, 0.1) is 6.92 Å². The van der Waals surface area contributed by atoms with E-state index in [1.54, 1.807) is 19.2 Å².